The number of nitrogens with two attached hydrogens (primary N) is 1. The van der Waals surface area contributed by atoms with E-state index >= 15 is 0 Å². The highest BCUT2D eigenvalue weighted by Gasteiger charge is 2.28. The third kappa shape index (κ3) is 6.57. The van der Waals surface area contributed by atoms with Gasteiger partial charge in [-0.3, -0.25) is 0 Å². The second-order valence-electron chi connectivity index (χ2n) is 9.71. The molecule has 37 heavy (non-hydrogen) atoms. The normalized spacial score (nSPS) is 13.9. The first-order valence-electron chi connectivity index (χ1n) is 13.6. The van der Waals surface area contributed by atoms with Crippen LogP contribution >= 0.6 is 0 Å². The van der Waals surface area contributed by atoms with Gasteiger partial charge in [0.25, 0.3) is 0 Å². The van der Waals surface area contributed by atoms with Gasteiger partial charge in [0.15, 0.2) is 0 Å². The van der Waals surface area contributed by atoms with Gasteiger partial charge >= 0.3 is 0 Å². The van der Waals surface area contributed by atoms with Crippen LogP contribution in [0.4, 0.5) is 5.69 Å². The Balaban J connectivity index is 0.00000186. The Morgan fingerprint density at radius 3 is 2.22 bits per heavy atom. The molecule has 3 aromatic rings. The molecule has 1 aliphatic rings. The van der Waals surface area contributed by atoms with E-state index in [4.69, 9.17) is 11.1 Å². The molecule has 2 nitrogen and oxygen atoms in total. The second kappa shape index (κ2) is 13.1. The van der Waals surface area contributed by atoms with E-state index in [2.05, 4.69) is 81.1 Å². The Labute approximate surface area is 224 Å². The molecule has 1 aliphatic carbocycles. The summed E-state index contributed by atoms with van der Waals surface area (Å²) < 4.78 is 0. The Bertz CT molecular complexity index is 1300. The summed E-state index contributed by atoms with van der Waals surface area (Å²) in [7, 11) is 0. The zero-order chi connectivity index (χ0) is 26.9. The molecular formula is C35H42N2. The molecule has 0 aromatic heterocycles. The molecule has 4 rings (SSSR count). The minimum Gasteiger partial charge on any atom is -0.398 e. The molecular weight excluding hydrogens is 448 g/mol. The fraction of sp³-hybridized carbons (Fsp3) is 0.286. The van der Waals surface area contributed by atoms with Crippen LogP contribution in [0.15, 0.2) is 78.9 Å². The van der Waals surface area contributed by atoms with Crippen LogP contribution in [0.5, 0.6) is 0 Å². The lowest BCUT2D eigenvalue weighted by molar-refractivity contribution is 0.401. The Kier molecular flexibility index (Phi) is 9.85. The number of anilines is 1. The van der Waals surface area contributed by atoms with Crippen LogP contribution in [0.3, 0.4) is 0 Å². The first-order chi connectivity index (χ1) is 17.9. The van der Waals surface area contributed by atoms with Crippen LogP contribution in [-0.4, -0.2) is 6.21 Å². The van der Waals surface area contributed by atoms with E-state index < -0.39 is 0 Å². The second-order valence-corrected chi connectivity index (χ2v) is 9.71. The minimum atomic E-state index is 0.528. The van der Waals surface area contributed by atoms with Crippen molar-refractivity contribution in [2.45, 2.75) is 60.3 Å². The average molecular weight is 491 g/mol. The number of rotatable bonds is 8. The minimum absolute atomic E-state index is 0.528. The topological polar surface area (TPSA) is 49.9 Å². The zero-order valence-corrected chi connectivity index (χ0v) is 23.2. The van der Waals surface area contributed by atoms with Gasteiger partial charge in [0.1, 0.15) is 0 Å². The van der Waals surface area contributed by atoms with Gasteiger partial charge in [0.05, 0.1) is 0 Å². The number of benzene rings is 3. The van der Waals surface area contributed by atoms with Crippen molar-refractivity contribution in [3.63, 3.8) is 0 Å². The van der Waals surface area contributed by atoms with Gasteiger partial charge in [-0.25, -0.2) is 0 Å². The van der Waals surface area contributed by atoms with Gasteiger partial charge in [-0.15, -0.1) is 0 Å². The molecule has 0 amide bonds. The summed E-state index contributed by atoms with van der Waals surface area (Å²) in [6.45, 7) is 14.4. The molecule has 0 heterocycles. The van der Waals surface area contributed by atoms with Crippen LogP contribution in [0.25, 0.3) is 17.2 Å². The predicted molar refractivity (Wildman–Crippen MR) is 164 cm³/mol. The molecule has 3 N–H and O–H groups in total. The lowest BCUT2D eigenvalue weighted by atomic mass is 9.72. The maximum atomic E-state index is 7.88. The first-order valence-corrected chi connectivity index (χ1v) is 13.6. The van der Waals surface area contributed by atoms with Gasteiger partial charge in [0.2, 0.25) is 0 Å². The van der Waals surface area contributed by atoms with Crippen molar-refractivity contribution in [1.82, 2.24) is 0 Å². The average Bonchev–Trinajstić information content (AvgIpc) is 2.88. The van der Waals surface area contributed by atoms with Gasteiger partial charge in [0, 0.05) is 17.5 Å². The van der Waals surface area contributed by atoms with E-state index in [-0.39, 0.29) is 0 Å². The fourth-order valence-electron chi connectivity index (χ4n) is 4.84. The van der Waals surface area contributed by atoms with Crippen molar-refractivity contribution < 1.29 is 0 Å². The molecule has 3 aromatic carbocycles. The molecule has 1 fully saturated rings. The van der Waals surface area contributed by atoms with Crippen LogP contribution in [0, 0.1) is 18.3 Å². The molecule has 1 saturated carbocycles. The molecule has 2 heteroatoms. The standard InChI is InChI=1S/C33H36N2.C2H6/c1-5-24-13-17-30(23(4)19-24)33(26-7-6-8-26)32(28-16-18-31(35)29(20-28)21-34)27-14-11-25(12-15-27)10-9-22(2)3;1-2/h9-21,26,34H,2,5-8,35H2,1,3-4H3;1-2H3/b10-9+,33-32+,34-21?;. The summed E-state index contributed by atoms with van der Waals surface area (Å²) in [6, 6.07) is 21.8. The van der Waals surface area contributed by atoms with E-state index in [0.717, 1.165) is 28.7 Å². The summed E-state index contributed by atoms with van der Waals surface area (Å²) in [6.07, 6.45) is 10.2. The lowest BCUT2D eigenvalue weighted by Gasteiger charge is -2.32. The van der Waals surface area contributed by atoms with Gasteiger partial charge in [-0.1, -0.05) is 100 Å². The Morgan fingerprint density at radius 2 is 1.68 bits per heavy atom. The summed E-state index contributed by atoms with van der Waals surface area (Å²) in [5.74, 6) is 0.528. The van der Waals surface area contributed by atoms with Crippen molar-refractivity contribution in [2.75, 3.05) is 5.73 Å². The van der Waals surface area contributed by atoms with Gasteiger partial charge < -0.3 is 11.1 Å². The molecule has 0 bridgehead atoms. The van der Waals surface area contributed by atoms with E-state index in [1.54, 1.807) is 0 Å². The Hall–Kier alpha value is -3.65. The number of aryl methyl sites for hydroxylation is 2. The zero-order valence-electron chi connectivity index (χ0n) is 23.2. The van der Waals surface area contributed by atoms with E-state index in [0.29, 0.717) is 11.6 Å². The SMILES string of the molecule is C=C(C)/C=C/c1ccc(/C(=C(\c2ccc(CC)cc2C)C2CCC2)c2ccc(N)c(C=N)c2)cc1.CC. The number of nitrogens with one attached hydrogen (secondary N) is 1. The monoisotopic (exact) mass is 490 g/mol. The summed E-state index contributed by atoms with van der Waals surface area (Å²) in [5, 5.41) is 7.88. The smallest absolute Gasteiger partial charge is 0.0403 e. The summed E-state index contributed by atoms with van der Waals surface area (Å²) >= 11 is 0. The molecule has 0 spiro atoms. The molecule has 192 valence electrons. The van der Waals surface area contributed by atoms with Gasteiger partial charge in [-0.2, -0.15) is 0 Å². The number of hydrogen-bond acceptors (Lipinski definition) is 2. The first kappa shape index (κ1) is 27.9. The van der Waals surface area contributed by atoms with Crippen LogP contribution in [0.2, 0.25) is 0 Å². The number of nitrogen functional groups attached to an aromatic ring is 1. The largest absolute Gasteiger partial charge is 0.398 e. The van der Waals surface area contributed by atoms with Crippen molar-refractivity contribution in [3.8, 4) is 0 Å². The molecule has 0 saturated heterocycles. The highest BCUT2D eigenvalue weighted by atomic mass is 14.6. The molecule has 0 atom stereocenters. The quantitative estimate of drug-likeness (QED) is 0.140. The molecule has 0 aliphatic heterocycles. The molecule has 0 radical (unpaired) electrons. The summed E-state index contributed by atoms with van der Waals surface area (Å²) in [5.41, 5.74) is 18.8. The van der Waals surface area contributed by atoms with Crippen molar-refractivity contribution in [3.05, 3.63) is 118 Å². The van der Waals surface area contributed by atoms with Gasteiger partial charge in [-0.05, 0) is 95.7 Å². The molecule has 0 unspecified atom stereocenters. The van der Waals surface area contributed by atoms with Crippen molar-refractivity contribution in [1.29, 1.82) is 5.41 Å². The highest BCUT2D eigenvalue weighted by Crippen LogP contribution is 2.46. The third-order valence-corrected chi connectivity index (χ3v) is 7.06. The van der Waals surface area contributed by atoms with Crippen molar-refractivity contribution >= 4 is 29.1 Å². The van der Waals surface area contributed by atoms with Crippen molar-refractivity contribution in [2.24, 2.45) is 5.92 Å². The highest BCUT2D eigenvalue weighted by molar-refractivity contribution is 6.01. The van der Waals surface area contributed by atoms with E-state index in [1.807, 2.05) is 32.9 Å². The van der Waals surface area contributed by atoms with E-state index in [9.17, 15) is 0 Å². The van der Waals surface area contributed by atoms with E-state index in [1.165, 1.54) is 58.9 Å². The van der Waals surface area contributed by atoms with Crippen LogP contribution < -0.4 is 5.73 Å². The van der Waals surface area contributed by atoms with Crippen LogP contribution in [-0.2, 0) is 6.42 Å². The fourth-order valence-corrected chi connectivity index (χ4v) is 4.84. The Morgan fingerprint density at radius 1 is 1.00 bits per heavy atom. The third-order valence-electron chi connectivity index (χ3n) is 7.06. The maximum Gasteiger partial charge on any atom is 0.0403 e. The maximum absolute atomic E-state index is 7.88. The van der Waals surface area contributed by atoms with Crippen LogP contribution in [0.1, 0.15) is 85.9 Å². The summed E-state index contributed by atoms with van der Waals surface area (Å²) in [4.78, 5) is 0. The lowest BCUT2D eigenvalue weighted by Crippen LogP contribution is -2.16. The number of allylic oxidation sites excluding steroid dienone is 3. The predicted octanol–water partition coefficient (Wildman–Crippen LogP) is 9.51. The number of hydrogen-bond donors (Lipinski definition) is 2.